The number of alkyl halides is 1. The number of halogens is 2. The lowest BCUT2D eigenvalue weighted by Gasteiger charge is -2.15. The zero-order valence-corrected chi connectivity index (χ0v) is 14.7. The van der Waals surface area contributed by atoms with E-state index in [-0.39, 0.29) is 11.9 Å². The Morgan fingerprint density at radius 3 is 2.68 bits per heavy atom. The summed E-state index contributed by atoms with van der Waals surface area (Å²) in [7, 11) is 0. The molecule has 0 aliphatic carbocycles. The summed E-state index contributed by atoms with van der Waals surface area (Å²) in [5, 5.41) is 5.70. The predicted octanol–water partition coefficient (Wildman–Crippen LogP) is 4.09. The smallest absolute Gasteiger partial charge is 0.252 e. The highest BCUT2D eigenvalue weighted by Crippen LogP contribution is 2.17. The molecule has 0 spiro atoms. The number of carbonyl (C=O) groups excluding carboxylic acids is 1. The summed E-state index contributed by atoms with van der Waals surface area (Å²) in [5.41, 5.74) is 1.97. The molecule has 0 aliphatic heterocycles. The fourth-order valence-corrected chi connectivity index (χ4v) is 3.46. The van der Waals surface area contributed by atoms with Crippen molar-refractivity contribution in [2.45, 2.75) is 12.5 Å². The van der Waals surface area contributed by atoms with E-state index in [1.807, 2.05) is 29.6 Å². The van der Waals surface area contributed by atoms with E-state index in [1.165, 1.54) is 5.56 Å². The Hall–Kier alpha value is -0.400. The van der Waals surface area contributed by atoms with Crippen molar-refractivity contribution in [2.24, 2.45) is 0 Å². The Labute approximate surface area is 138 Å². The van der Waals surface area contributed by atoms with Gasteiger partial charge >= 0.3 is 0 Å². The molecule has 0 bridgehead atoms. The molecule has 1 aromatic carbocycles. The molecule has 1 amide bonds. The number of rotatable bonds is 5. The van der Waals surface area contributed by atoms with Crippen LogP contribution in [-0.2, 0) is 6.42 Å². The fraction of sp³-hybridized carbons (Fsp3) is 0.214. The Kier molecular flexibility index (Phi) is 5.84. The summed E-state index contributed by atoms with van der Waals surface area (Å²) >= 11 is 7.28. The molecule has 2 rings (SSSR count). The van der Waals surface area contributed by atoms with Crippen molar-refractivity contribution in [1.29, 1.82) is 0 Å². The molecule has 100 valence electrons. The van der Waals surface area contributed by atoms with E-state index in [0.717, 1.165) is 20.2 Å². The van der Waals surface area contributed by atoms with E-state index in [9.17, 15) is 4.79 Å². The lowest BCUT2D eigenvalue weighted by atomic mass is 10.1. The van der Waals surface area contributed by atoms with Crippen molar-refractivity contribution in [2.75, 3.05) is 5.33 Å². The Morgan fingerprint density at radius 1 is 1.37 bits per heavy atom. The quantitative estimate of drug-likeness (QED) is 0.540. The van der Waals surface area contributed by atoms with Gasteiger partial charge < -0.3 is 5.32 Å². The number of carbonyl (C=O) groups is 1. The van der Waals surface area contributed by atoms with Crippen LogP contribution in [-0.4, -0.2) is 17.3 Å². The van der Waals surface area contributed by atoms with Crippen LogP contribution >= 0.6 is 49.9 Å². The van der Waals surface area contributed by atoms with Crippen molar-refractivity contribution in [3.05, 3.63) is 55.8 Å². The average Bonchev–Trinajstić information content (AvgIpc) is 2.86. The maximum atomic E-state index is 12.1. The van der Waals surface area contributed by atoms with E-state index in [2.05, 4.69) is 56.0 Å². The van der Waals surface area contributed by atoms with E-state index in [4.69, 9.17) is 0 Å². The topological polar surface area (TPSA) is 29.1 Å². The minimum Gasteiger partial charge on any atom is -0.348 e. The molecule has 1 aromatic heterocycles. The molecule has 19 heavy (non-hydrogen) atoms. The van der Waals surface area contributed by atoms with Crippen molar-refractivity contribution >= 4 is 55.8 Å². The third kappa shape index (κ3) is 4.57. The van der Waals surface area contributed by atoms with Gasteiger partial charge in [-0.15, -0.1) is 11.3 Å². The van der Waals surface area contributed by atoms with E-state index in [0.29, 0.717) is 0 Å². The molecule has 0 saturated carbocycles. The fourth-order valence-electron chi connectivity index (χ4n) is 1.74. The van der Waals surface area contributed by atoms with Crippen LogP contribution in [0.3, 0.4) is 0 Å². The molecule has 2 aromatic rings. The van der Waals surface area contributed by atoms with Crippen molar-refractivity contribution in [3.8, 4) is 0 Å². The van der Waals surface area contributed by atoms with Crippen LogP contribution in [0, 0.1) is 2.88 Å². The van der Waals surface area contributed by atoms with Gasteiger partial charge in [0, 0.05) is 16.8 Å². The number of thiophene rings is 1. The molecular formula is C14H13BrINOS. The van der Waals surface area contributed by atoms with Crippen LogP contribution in [0.2, 0.25) is 0 Å². The zero-order chi connectivity index (χ0) is 13.7. The van der Waals surface area contributed by atoms with Crippen LogP contribution in [0.25, 0.3) is 0 Å². The Bertz CT molecular complexity index is 543. The number of benzene rings is 1. The van der Waals surface area contributed by atoms with Crippen LogP contribution in [0.15, 0.2) is 41.8 Å². The molecule has 0 radical (unpaired) electrons. The second-order valence-corrected chi connectivity index (χ2v) is 7.61. The van der Waals surface area contributed by atoms with Crippen LogP contribution in [0.5, 0.6) is 0 Å². The van der Waals surface area contributed by atoms with Gasteiger partial charge in [-0.3, -0.25) is 4.79 Å². The van der Waals surface area contributed by atoms with Gasteiger partial charge in [-0.25, -0.2) is 0 Å². The first-order valence-corrected chi connectivity index (χ1v) is 8.92. The minimum absolute atomic E-state index is 0.000419. The normalized spacial score (nSPS) is 12.1. The summed E-state index contributed by atoms with van der Waals surface area (Å²) in [5.74, 6) is -0.000419. The second kappa shape index (κ2) is 7.40. The lowest BCUT2D eigenvalue weighted by Crippen LogP contribution is -2.37. The molecule has 0 saturated heterocycles. The van der Waals surface area contributed by atoms with Gasteiger partial charge in [0.2, 0.25) is 0 Å². The molecule has 1 N–H and O–H groups in total. The second-order valence-electron chi connectivity index (χ2n) is 4.15. The number of hydrogen-bond donors (Lipinski definition) is 1. The van der Waals surface area contributed by atoms with Gasteiger partial charge in [-0.1, -0.05) is 46.3 Å². The van der Waals surface area contributed by atoms with Gasteiger partial charge in [-0.05, 0) is 40.6 Å². The molecule has 1 atom stereocenters. The highest BCUT2D eigenvalue weighted by atomic mass is 127. The first-order valence-electron chi connectivity index (χ1n) is 5.84. The SMILES string of the molecule is O=C(NC(CBr)Cc1ccccc1)c1csc(I)c1. The molecular weight excluding hydrogens is 437 g/mol. The summed E-state index contributed by atoms with van der Waals surface area (Å²) < 4.78 is 1.13. The summed E-state index contributed by atoms with van der Waals surface area (Å²) in [6.07, 6.45) is 0.832. The van der Waals surface area contributed by atoms with Crippen LogP contribution in [0.1, 0.15) is 15.9 Å². The van der Waals surface area contributed by atoms with Gasteiger partial charge in [0.25, 0.3) is 5.91 Å². The first kappa shape index (κ1) is 15.0. The van der Waals surface area contributed by atoms with E-state index >= 15 is 0 Å². The highest BCUT2D eigenvalue weighted by molar-refractivity contribution is 14.1. The zero-order valence-electron chi connectivity index (χ0n) is 10.1. The average molecular weight is 450 g/mol. The van der Waals surface area contributed by atoms with Crippen molar-refractivity contribution in [1.82, 2.24) is 5.32 Å². The number of amides is 1. The maximum Gasteiger partial charge on any atom is 0.252 e. The number of hydrogen-bond acceptors (Lipinski definition) is 2. The monoisotopic (exact) mass is 449 g/mol. The lowest BCUT2D eigenvalue weighted by molar-refractivity contribution is 0.0941. The molecule has 5 heteroatoms. The van der Waals surface area contributed by atoms with Gasteiger partial charge in [0.05, 0.1) is 8.45 Å². The van der Waals surface area contributed by atoms with E-state index in [1.54, 1.807) is 11.3 Å². The van der Waals surface area contributed by atoms with Gasteiger partial charge in [-0.2, -0.15) is 0 Å². The summed E-state index contributed by atoms with van der Waals surface area (Å²) in [6, 6.07) is 12.2. The first-order chi connectivity index (χ1) is 9.19. The van der Waals surface area contributed by atoms with E-state index < -0.39 is 0 Å². The van der Waals surface area contributed by atoms with Crippen LogP contribution in [0.4, 0.5) is 0 Å². The van der Waals surface area contributed by atoms with Crippen molar-refractivity contribution < 1.29 is 4.79 Å². The summed E-state index contributed by atoms with van der Waals surface area (Å²) in [6.45, 7) is 0. The molecule has 0 fully saturated rings. The number of nitrogens with one attached hydrogen (secondary N) is 1. The molecule has 1 unspecified atom stereocenters. The summed E-state index contributed by atoms with van der Waals surface area (Å²) in [4.78, 5) is 12.1. The van der Waals surface area contributed by atoms with Crippen molar-refractivity contribution in [3.63, 3.8) is 0 Å². The van der Waals surface area contributed by atoms with Gasteiger partial charge in [0.1, 0.15) is 0 Å². The molecule has 1 heterocycles. The Morgan fingerprint density at radius 2 is 2.11 bits per heavy atom. The minimum atomic E-state index is -0.000419. The third-order valence-electron chi connectivity index (χ3n) is 2.68. The maximum absolute atomic E-state index is 12.1. The molecule has 2 nitrogen and oxygen atoms in total. The van der Waals surface area contributed by atoms with Crippen LogP contribution < -0.4 is 5.32 Å². The predicted molar refractivity (Wildman–Crippen MR) is 92.2 cm³/mol. The molecule has 0 aliphatic rings. The Balaban J connectivity index is 1.97. The third-order valence-corrected chi connectivity index (χ3v) is 5.25. The van der Waals surface area contributed by atoms with Gasteiger partial charge in [0.15, 0.2) is 0 Å². The standard InChI is InChI=1S/C14H13BrINOS/c15-8-12(6-10-4-2-1-3-5-10)17-14(18)11-7-13(16)19-9-11/h1-5,7,9,12H,6,8H2,(H,17,18). The largest absolute Gasteiger partial charge is 0.348 e. The highest BCUT2D eigenvalue weighted by Gasteiger charge is 2.14.